The number of para-hydroxylation sites is 1. The molecule has 0 radical (unpaired) electrons. The zero-order valence-corrected chi connectivity index (χ0v) is 12.5. The molecular weight excluding hydrogens is 268 g/mol. The van der Waals surface area contributed by atoms with Gasteiger partial charge in [-0.3, -0.25) is 4.79 Å². The number of likely N-dealkylation sites (tertiary alicyclic amines) is 1. The summed E-state index contributed by atoms with van der Waals surface area (Å²) in [5.41, 5.74) is 0. The van der Waals surface area contributed by atoms with Gasteiger partial charge in [0.05, 0.1) is 0 Å². The van der Waals surface area contributed by atoms with Crippen LogP contribution in [0, 0.1) is 5.92 Å². The van der Waals surface area contributed by atoms with Gasteiger partial charge >= 0.3 is 6.09 Å². The van der Waals surface area contributed by atoms with Crippen molar-refractivity contribution in [2.24, 2.45) is 5.92 Å². The van der Waals surface area contributed by atoms with Crippen LogP contribution in [-0.2, 0) is 4.79 Å². The lowest BCUT2D eigenvalue weighted by atomic mass is 10.0. The van der Waals surface area contributed by atoms with Crippen LogP contribution in [0.25, 0.3) is 0 Å². The van der Waals surface area contributed by atoms with Crippen LogP contribution in [0.1, 0.15) is 26.7 Å². The van der Waals surface area contributed by atoms with Crippen LogP contribution >= 0.6 is 0 Å². The van der Waals surface area contributed by atoms with E-state index in [1.807, 2.05) is 24.8 Å². The Morgan fingerprint density at radius 2 is 1.76 bits per heavy atom. The lowest BCUT2D eigenvalue weighted by molar-refractivity contribution is -0.133. The number of amides is 2. The number of ether oxygens (including phenoxy) is 1. The monoisotopic (exact) mass is 290 g/mol. The van der Waals surface area contributed by atoms with Crippen molar-refractivity contribution < 1.29 is 14.3 Å². The third-order valence-electron chi connectivity index (χ3n) is 3.58. The molecule has 0 aliphatic carbocycles. The van der Waals surface area contributed by atoms with Gasteiger partial charge in [-0.15, -0.1) is 0 Å². The van der Waals surface area contributed by atoms with E-state index in [0.29, 0.717) is 5.75 Å². The molecule has 2 rings (SSSR count). The van der Waals surface area contributed by atoms with Crippen LogP contribution < -0.4 is 10.1 Å². The summed E-state index contributed by atoms with van der Waals surface area (Å²) in [4.78, 5) is 26.2. The van der Waals surface area contributed by atoms with Crippen molar-refractivity contribution in [2.75, 3.05) is 13.1 Å². The van der Waals surface area contributed by atoms with E-state index in [4.69, 9.17) is 4.74 Å². The largest absolute Gasteiger partial charge is 0.413 e. The summed E-state index contributed by atoms with van der Waals surface area (Å²) in [7, 11) is 0. The average molecular weight is 290 g/mol. The van der Waals surface area contributed by atoms with Gasteiger partial charge in [-0.05, 0) is 30.9 Å². The van der Waals surface area contributed by atoms with Gasteiger partial charge in [-0.1, -0.05) is 32.0 Å². The Balaban J connectivity index is 1.95. The Kier molecular flexibility index (Phi) is 5.20. The van der Waals surface area contributed by atoms with E-state index in [1.165, 1.54) is 0 Å². The highest BCUT2D eigenvalue weighted by Gasteiger charge is 2.30. The normalized spacial score (nSPS) is 15.9. The number of hydrogen-bond acceptors (Lipinski definition) is 3. The molecule has 1 aliphatic rings. The van der Waals surface area contributed by atoms with Crippen molar-refractivity contribution in [1.82, 2.24) is 10.2 Å². The fourth-order valence-corrected chi connectivity index (χ4v) is 2.40. The summed E-state index contributed by atoms with van der Waals surface area (Å²) in [6.45, 7) is 5.39. The second kappa shape index (κ2) is 7.11. The summed E-state index contributed by atoms with van der Waals surface area (Å²) in [5, 5.41) is 2.69. The molecule has 1 atom stereocenters. The SMILES string of the molecule is CC(C)C(NC(=O)Oc1ccccc1)C(=O)N1CCCC1. The van der Waals surface area contributed by atoms with Gasteiger partial charge in [0.2, 0.25) is 5.91 Å². The highest BCUT2D eigenvalue weighted by Crippen LogP contribution is 2.14. The number of hydrogen-bond donors (Lipinski definition) is 1. The molecule has 1 aliphatic heterocycles. The summed E-state index contributed by atoms with van der Waals surface area (Å²) < 4.78 is 5.19. The van der Waals surface area contributed by atoms with E-state index in [-0.39, 0.29) is 11.8 Å². The van der Waals surface area contributed by atoms with Crippen molar-refractivity contribution in [1.29, 1.82) is 0 Å². The summed E-state index contributed by atoms with van der Waals surface area (Å²) in [5.74, 6) is 0.458. The molecule has 1 aromatic carbocycles. The molecule has 0 spiro atoms. The number of nitrogens with zero attached hydrogens (tertiary/aromatic N) is 1. The first-order valence-electron chi connectivity index (χ1n) is 7.40. The predicted molar refractivity (Wildman–Crippen MR) is 80.0 cm³/mol. The Morgan fingerprint density at radius 1 is 1.14 bits per heavy atom. The van der Waals surface area contributed by atoms with Gasteiger partial charge in [-0.2, -0.15) is 0 Å². The number of nitrogens with one attached hydrogen (secondary N) is 1. The van der Waals surface area contributed by atoms with Crippen molar-refractivity contribution in [3.05, 3.63) is 30.3 Å². The Morgan fingerprint density at radius 3 is 2.33 bits per heavy atom. The van der Waals surface area contributed by atoms with E-state index in [1.54, 1.807) is 24.3 Å². The summed E-state index contributed by atoms with van der Waals surface area (Å²) in [6, 6.07) is 8.28. The molecule has 1 aromatic rings. The van der Waals surface area contributed by atoms with E-state index < -0.39 is 12.1 Å². The number of benzene rings is 1. The first kappa shape index (κ1) is 15.4. The molecule has 5 heteroatoms. The Labute approximate surface area is 125 Å². The standard InChI is InChI=1S/C16H22N2O3/c1-12(2)14(15(19)18-10-6-7-11-18)17-16(20)21-13-8-4-3-5-9-13/h3-5,8-9,12,14H,6-7,10-11H2,1-2H3,(H,17,20). The first-order chi connectivity index (χ1) is 10.1. The molecule has 2 amide bonds. The molecule has 1 heterocycles. The molecule has 0 aromatic heterocycles. The molecule has 0 bridgehead atoms. The maximum atomic E-state index is 12.4. The quantitative estimate of drug-likeness (QED) is 0.926. The van der Waals surface area contributed by atoms with Gasteiger partial charge in [0, 0.05) is 13.1 Å². The lowest BCUT2D eigenvalue weighted by Gasteiger charge is -2.26. The second-order valence-electron chi connectivity index (χ2n) is 5.60. The third-order valence-corrected chi connectivity index (χ3v) is 3.58. The lowest BCUT2D eigenvalue weighted by Crippen LogP contribution is -2.51. The van der Waals surface area contributed by atoms with Gasteiger partial charge in [-0.25, -0.2) is 4.79 Å². The maximum Gasteiger partial charge on any atom is 0.413 e. The van der Waals surface area contributed by atoms with Crippen LogP contribution in [0.4, 0.5) is 4.79 Å². The molecule has 1 unspecified atom stereocenters. The molecule has 0 saturated carbocycles. The van der Waals surface area contributed by atoms with Crippen LogP contribution in [0.2, 0.25) is 0 Å². The average Bonchev–Trinajstić information content (AvgIpc) is 2.99. The topological polar surface area (TPSA) is 58.6 Å². The molecule has 1 N–H and O–H groups in total. The molecule has 21 heavy (non-hydrogen) atoms. The Hall–Kier alpha value is -2.04. The third kappa shape index (κ3) is 4.21. The fourth-order valence-electron chi connectivity index (χ4n) is 2.40. The maximum absolute atomic E-state index is 12.4. The number of carbonyl (C=O) groups excluding carboxylic acids is 2. The van der Waals surface area contributed by atoms with E-state index in [2.05, 4.69) is 5.32 Å². The minimum Gasteiger partial charge on any atom is -0.410 e. The van der Waals surface area contributed by atoms with Crippen molar-refractivity contribution in [3.8, 4) is 5.75 Å². The highest BCUT2D eigenvalue weighted by atomic mass is 16.6. The van der Waals surface area contributed by atoms with Gasteiger partial charge in [0.1, 0.15) is 11.8 Å². The zero-order valence-electron chi connectivity index (χ0n) is 12.5. The van der Waals surface area contributed by atoms with Crippen LogP contribution in [0.5, 0.6) is 5.75 Å². The van der Waals surface area contributed by atoms with Gasteiger partial charge in [0.25, 0.3) is 0 Å². The molecule has 114 valence electrons. The second-order valence-corrected chi connectivity index (χ2v) is 5.60. The fraction of sp³-hybridized carbons (Fsp3) is 0.500. The predicted octanol–water partition coefficient (Wildman–Crippen LogP) is 2.42. The molecule has 1 saturated heterocycles. The first-order valence-corrected chi connectivity index (χ1v) is 7.40. The number of rotatable bonds is 4. The van der Waals surface area contributed by atoms with Crippen LogP contribution in [0.3, 0.4) is 0 Å². The Bertz CT molecular complexity index is 482. The zero-order chi connectivity index (χ0) is 15.2. The smallest absolute Gasteiger partial charge is 0.410 e. The molecule has 1 fully saturated rings. The molecular formula is C16H22N2O3. The van der Waals surface area contributed by atoms with Crippen molar-refractivity contribution in [2.45, 2.75) is 32.7 Å². The van der Waals surface area contributed by atoms with Gasteiger partial charge < -0.3 is 15.0 Å². The number of carbonyl (C=O) groups is 2. The highest BCUT2D eigenvalue weighted by molar-refractivity contribution is 5.86. The van der Waals surface area contributed by atoms with Crippen LogP contribution in [0.15, 0.2) is 30.3 Å². The van der Waals surface area contributed by atoms with Crippen molar-refractivity contribution >= 4 is 12.0 Å². The van der Waals surface area contributed by atoms with Crippen molar-refractivity contribution in [3.63, 3.8) is 0 Å². The van der Waals surface area contributed by atoms with Gasteiger partial charge in [0.15, 0.2) is 0 Å². The minimum atomic E-state index is -0.590. The van der Waals surface area contributed by atoms with E-state index in [9.17, 15) is 9.59 Å². The van der Waals surface area contributed by atoms with E-state index >= 15 is 0 Å². The van der Waals surface area contributed by atoms with E-state index in [0.717, 1.165) is 25.9 Å². The minimum absolute atomic E-state index is 0.0152. The molecule has 5 nitrogen and oxygen atoms in total. The summed E-state index contributed by atoms with van der Waals surface area (Å²) >= 11 is 0. The summed E-state index contributed by atoms with van der Waals surface area (Å²) in [6.07, 6.45) is 1.48. The van der Waals surface area contributed by atoms with Crippen LogP contribution in [-0.4, -0.2) is 36.0 Å².